The van der Waals surface area contributed by atoms with Crippen LogP contribution in [0.15, 0.2) is 34.9 Å². The van der Waals surface area contributed by atoms with Crippen LogP contribution in [0.3, 0.4) is 0 Å². The molecule has 0 amide bonds. The molecule has 0 bridgehead atoms. The monoisotopic (exact) mass is 288 g/mol. The van der Waals surface area contributed by atoms with Gasteiger partial charge in [-0.2, -0.15) is 0 Å². The zero-order valence-corrected chi connectivity index (χ0v) is 13.2. The van der Waals surface area contributed by atoms with Crippen LogP contribution in [0.25, 0.3) is 11.3 Å². The van der Waals surface area contributed by atoms with Crippen LogP contribution >= 0.6 is 0 Å². The van der Waals surface area contributed by atoms with Crippen LogP contribution in [0.2, 0.25) is 0 Å². The first-order chi connectivity index (χ1) is 10.1. The van der Waals surface area contributed by atoms with Crippen molar-refractivity contribution in [3.63, 3.8) is 0 Å². The van der Waals surface area contributed by atoms with E-state index in [1.807, 2.05) is 38.1 Å². The van der Waals surface area contributed by atoms with Crippen molar-refractivity contribution in [1.29, 1.82) is 0 Å². The molecule has 0 aliphatic rings. The summed E-state index contributed by atoms with van der Waals surface area (Å²) in [5, 5.41) is 3.37. The Hall–Kier alpha value is -1.81. The van der Waals surface area contributed by atoms with Crippen molar-refractivity contribution < 1.29 is 9.15 Å². The number of ether oxygens (including phenoxy) is 1. The molecule has 0 spiro atoms. The summed E-state index contributed by atoms with van der Waals surface area (Å²) < 4.78 is 11.6. The Bertz CT molecular complexity index is 563. The van der Waals surface area contributed by atoms with Crippen LogP contribution in [-0.4, -0.2) is 17.6 Å². The summed E-state index contributed by atoms with van der Waals surface area (Å²) in [6.07, 6.45) is 3.02. The van der Waals surface area contributed by atoms with E-state index < -0.39 is 0 Å². The minimum Gasteiger partial charge on any atom is -0.491 e. The molecule has 2 aromatic rings. The highest BCUT2D eigenvalue weighted by Crippen LogP contribution is 2.26. The molecular weight excluding hydrogens is 264 g/mol. The second kappa shape index (κ2) is 7.27. The van der Waals surface area contributed by atoms with Crippen molar-refractivity contribution in [2.75, 3.05) is 6.54 Å². The Kier molecular flexibility index (Phi) is 5.39. The van der Waals surface area contributed by atoms with E-state index in [1.165, 1.54) is 0 Å². The molecule has 114 valence electrons. The van der Waals surface area contributed by atoms with Crippen LogP contribution < -0.4 is 10.1 Å². The number of aromatic nitrogens is 1. The topological polar surface area (TPSA) is 47.3 Å². The third kappa shape index (κ3) is 4.33. The van der Waals surface area contributed by atoms with Gasteiger partial charge in [0.25, 0.3) is 0 Å². The average molecular weight is 288 g/mol. The third-order valence-electron chi connectivity index (χ3n) is 3.08. The summed E-state index contributed by atoms with van der Waals surface area (Å²) in [4.78, 5) is 4.37. The predicted molar refractivity (Wildman–Crippen MR) is 84.4 cm³/mol. The van der Waals surface area contributed by atoms with E-state index in [4.69, 9.17) is 9.15 Å². The van der Waals surface area contributed by atoms with Gasteiger partial charge in [0.05, 0.1) is 18.3 Å². The molecule has 0 radical (unpaired) electrons. The highest BCUT2D eigenvalue weighted by atomic mass is 16.5. The van der Waals surface area contributed by atoms with Gasteiger partial charge in [0.2, 0.25) is 5.89 Å². The molecule has 1 heterocycles. The fourth-order valence-electron chi connectivity index (χ4n) is 2.06. The summed E-state index contributed by atoms with van der Waals surface area (Å²) in [5.41, 5.74) is 0.981. The summed E-state index contributed by atoms with van der Waals surface area (Å²) in [7, 11) is 0. The molecule has 1 atom stereocenters. The Morgan fingerprint density at radius 2 is 2.10 bits per heavy atom. The maximum atomic E-state index is 5.86. The number of rotatable bonds is 7. The second-order valence-corrected chi connectivity index (χ2v) is 5.43. The van der Waals surface area contributed by atoms with Crippen LogP contribution in [0.4, 0.5) is 0 Å². The van der Waals surface area contributed by atoms with Gasteiger partial charge in [0.15, 0.2) is 5.76 Å². The lowest BCUT2D eigenvalue weighted by Crippen LogP contribution is -2.19. The number of oxazole rings is 1. The molecule has 2 rings (SSSR count). The molecule has 1 N–H and O–H groups in total. The summed E-state index contributed by atoms with van der Waals surface area (Å²) in [6.45, 7) is 9.18. The molecule has 0 saturated heterocycles. The first-order valence-corrected chi connectivity index (χ1v) is 7.56. The smallest absolute Gasteiger partial charge is 0.211 e. The molecule has 0 aliphatic carbocycles. The van der Waals surface area contributed by atoms with E-state index >= 15 is 0 Å². The Labute approximate surface area is 126 Å². The van der Waals surface area contributed by atoms with E-state index in [1.54, 1.807) is 6.20 Å². The number of hydrogen-bond donors (Lipinski definition) is 1. The summed E-state index contributed by atoms with van der Waals surface area (Å²) >= 11 is 0. The number of hydrogen-bond acceptors (Lipinski definition) is 4. The molecule has 1 unspecified atom stereocenters. The van der Waals surface area contributed by atoms with E-state index in [9.17, 15) is 0 Å². The highest BCUT2D eigenvalue weighted by Gasteiger charge is 2.13. The Morgan fingerprint density at radius 3 is 2.81 bits per heavy atom. The van der Waals surface area contributed by atoms with Crippen molar-refractivity contribution in [3.05, 3.63) is 36.4 Å². The van der Waals surface area contributed by atoms with Crippen LogP contribution in [0, 0.1) is 0 Å². The quantitative estimate of drug-likeness (QED) is 0.830. The standard InChI is InChI=1S/C17H24N2O2/c1-5-9-18-13(4)17-19-11-16(21-17)14-7-6-8-15(10-14)20-12(2)3/h6-8,10-13,18H,5,9H2,1-4H3. The summed E-state index contributed by atoms with van der Waals surface area (Å²) in [6, 6.07) is 8.02. The van der Waals surface area contributed by atoms with E-state index in [0.717, 1.165) is 30.0 Å². The molecule has 1 aromatic heterocycles. The van der Waals surface area contributed by atoms with Gasteiger partial charge in [-0.3, -0.25) is 0 Å². The van der Waals surface area contributed by atoms with Crippen LogP contribution in [-0.2, 0) is 0 Å². The van der Waals surface area contributed by atoms with Gasteiger partial charge in [-0.25, -0.2) is 4.98 Å². The fourth-order valence-corrected chi connectivity index (χ4v) is 2.06. The van der Waals surface area contributed by atoms with Crippen LogP contribution in [0.1, 0.15) is 46.0 Å². The van der Waals surface area contributed by atoms with Crippen molar-refractivity contribution in [2.24, 2.45) is 0 Å². The lowest BCUT2D eigenvalue weighted by Gasteiger charge is -2.10. The molecule has 21 heavy (non-hydrogen) atoms. The zero-order valence-electron chi connectivity index (χ0n) is 13.2. The van der Waals surface area contributed by atoms with Gasteiger partial charge in [-0.1, -0.05) is 19.1 Å². The average Bonchev–Trinajstić information content (AvgIpc) is 2.94. The van der Waals surface area contributed by atoms with Gasteiger partial charge in [0, 0.05) is 5.56 Å². The molecule has 0 aliphatic heterocycles. The molecule has 4 heteroatoms. The Balaban J connectivity index is 2.13. The second-order valence-electron chi connectivity index (χ2n) is 5.43. The van der Waals surface area contributed by atoms with Crippen molar-refractivity contribution in [2.45, 2.75) is 46.3 Å². The molecule has 0 saturated carbocycles. The van der Waals surface area contributed by atoms with Gasteiger partial charge in [0.1, 0.15) is 5.75 Å². The lowest BCUT2D eigenvalue weighted by atomic mass is 10.2. The van der Waals surface area contributed by atoms with Gasteiger partial charge < -0.3 is 14.5 Å². The minimum atomic E-state index is 0.119. The SMILES string of the molecule is CCCNC(C)c1ncc(-c2cccc(OC(C)C)c2)o1. The lowest BCUT2D eigenvalue weighted by molar-refractivity contribution is 0.242. The number of nitrogens with one attached hydrogen (secondary N) is 1. The molecular formula is C17H24N2O2. The minimum absolute atomic E-state index is 0.119. The van der Waals surface area contributed by atoms with Crippen molar-refractivity contribution >= 4 is 0 Å². The predicted octanol–water partition coefficient (Wildman–Crippen LogP) is 4.19. The van der Waals surface area contributed by atoms with Gasteiger partial charge in [-0.15, -0.1) is 0 Å². The Morgan fingerprint density at radius 1 is 1.29 bits per heavy atom. The highest BCUT2D eigenvalue weighted by molar-refractivity contribution is 5.58. The van der Waals surface area contributed by atoms with Gasteiger partial charge in [-0.05, 0) is 45.9 Å². The van der Waals surface area contributed by atoms with Crippen molar-refractivity contribution in [1.82, 2.24) is 10.3 Å². The summed E-state index contributed by atoms with van der Waals surface area (Å²) in [5.74, 6) is 2.33. The van der Waals surface area contributed by atoms with E-state index in [-0.39, 0.29) is 12.1 Å². The molecule has 0 fully saturated rings. The number of nitrogens with zero attached hydrogens (tertiary/aromatic N) is 1. The largest absolute Gasteiger partial charge is 0.491 e. The maximum absolute atomic E-state index is 5.86. The maximum Gasteiger partial charge on any atom is 0.211 e. The third-order valence-corrected chi connectivity index (χ3v) is 3.08. The van der Waals surface area contributed by atoms with E-state index in [0.29, 0.717) is 5.89 Å². The first-order valence-electron chi connectivity index (χ1n) is 7.56. The van der Waals surface area contributed by atoms with E-state index in [2.05, 4.69) is 24.1 Å². The van der Waals surface area contributed by atoms with Crippen molar-refractivity contribution in [3.8, 4) is 17.1 Å². The van der Waals surface area contributed by atoms with Crippen LogP contribution in [0.5, 0.6) is 5.75 Å². The number of benzene rings is 1. The molecule has 4 nitrogen and oxygen atoms in total. The molecule has 1 aromatic carbocycles. The van der Waals surface area contributed by atoms with Gasteiger partial charge >= 0.3 is 0 Å². The fraction of sp³-hybridized carbons (Fsp3) is 0.471. The normalized spacial score (nSPS) is 12.6. The zero-order chi connectivity index (χ0) is 15.2. The first kappa shape index (κ1) is 15.6.